The third kappa shape index (κ3) is 4.15. The van der Waals surface area contributed by atoms with Gasteiger partial charge in [-0.1, -0.05) is 19.8 Å². The molecule has 0 saturated carbocycles. The van der Waals surface area contributed by atoms with E-state index in [1.807, 2.05) is 0 Å². The maximum absolute atomic E-state index is 12.2. The molecule has 0 spiro atoms. The molecule has 0 aliphatic carbocycles. The summed E-state index contributed by atoms with van der Waals surface area (Å²) in [6, 6.07) is 0.993. The van der Waals surface area contributed by atoms with Gasteiger partial charge >= 0.3 is 6.18 Å². The predicted octanol–water partition coefficient (Wildman–Crippen LogP) is 3.59. The van der Waals surface area contributed by atoms with E-state index in [1.165, 1.54) is 22.2 Å². The molecular weight excluding hydrogens is 225 g/mol. The highest BCUT2D eigenvalue weighted by Gasteiger charge is 2.33. The second kappa shape index (κ2) is 5.44. The maximum Gasteiger partial charge on any atom is 0.435 e. The van der Waals surface area contributed by atoms with Crippen molar-refractivity contribution in [3.8, 4) is 0 Å². The minimum Gasteiger partial charge on any atom is -0.214 e. The quantitative estimate of drug-likeness (QED) is 0.729. The second-order valence-electron chi connectivity index (χ2n) is 3.14. The number of alkyl halides is 3. The summed E-state index contributed by atoms with van der Waals surface area (Å²) in [7, 11) is 0. The first kappa shape index (κ1) is 12.4. The molecule has 0 fully saturated rings. The molecule has 0 atom stereocenters. The monoisotopic (exact) mass is 238 g/mol. The van der Waals surface area contributed by atoms with Gasteiger partial charge in [0, 0.05) is 11.9 Å². The van der Waals surface area contributed by atoms with Crippen molar-refractivity contribution in [2.45, 2.75) is 32.4 Å². The number of halogens is 3. The minimum absolute atomic E-state index is 0.798. The van der Waals surface area contributed by atoms with Gasteiger partial charge in [0.1, 0.15) is 0 Å². The van der Waals surface area contributed by atoms with Crippen LogP contribution in [0.3, 0.4) is 0 Å². The van der Waals surface area contributed by atoms with E-state index in [2.05, 4.69) is 12.0 Å². The summed E-state index contributed by atoms with van der Waals surface area (Å²) < 4.78 is 37.8. The highest BCUT2D eigenvalue weighted by Crippen LogP contribution is 2.28. The second-order valence-corrected chi connectivity index (χ2v) is 4.18. The average molecular weight is 238 g/mol. The van der Waals surface area contributed by atoms with Crippen LogP contribution < -0.4 is 0 Å². The van der Waals surface area contributed by atoms with Crippen LogP contribution in [0.15, 0.2) is 12.3 Å². The lowest BCUT2D eigenvalue weighted by Crippen LogP contribution is -2.06. The Morgan fingerprint density at radius 2 is 2.13 bits per heavy atom. The molecule has 86 valence electrons. The van der Waals surface area contributed by atoms with Crippen LogP contribution in [0.1, 0.15) is 31.9 Å². The van der Waals surface area contributed by atoms with Gasteiger partial charge in [0.15, 0.2) is 5.69 Å². The summed E-state index contributed by atoms with van der Waals surface area (Å²) >= 11 is 1.30. The van der Waals surface area contributed by atoms with Gasteiger partial charge in [-0.3, -0.25) is 0 Å². The molecule has 0 N–H and O–H groups in total. The van der Waals surface area contributed by atoms with Gasteiger partial charge in [-0.05, 0) is 24.4 Å². The lowest BCUT2D eigenvalue weighted by Gasteiger charge is -2.01. The SMILES string of the molecule is CCCCCSn1ccc(C(F)(F)F)n1. The Morgan fingerprint density at radius 3 is 2.67 bits per heavy atom. The van der Waals surface area contributed by atoms with Gasteiger partial charge in [0.2, 0.25) is 0 Å². The van der Waals surface area contributed by atoms with E-state index in [9.17, 15) is 13.2 Å². The average Bonchev–Trinajstić information content (AvgIpc) is 2.60. The first-order valence-corrected chi connectivity index (χ1v) is 5.74. The molecule has 15 heavy (non-hydrogen) atoms. The number of rotatable bonds is 5. The van der Waals surface area contributed by atoms with Crippen LogP contribution in [0.25, 0.3) is 0 Å². The van der Waals surface area contributed by atoms with Crippen LogP contribution in [0.4, 0.5) is 13.2 Å². The summed E-state index contributed by atoms with van der Waals surface area (Å²) in [6.45, 7) is 2.08. The fraction of sp³-hybridized carbons (Fsp3) is 0.667. The number of unbranched alkanes of at least 4 members (excludes halogenated alkanes) is 2. The van der Waals surface area contributed by atoms with Crippen molar-refractivity contribution in [3.05, 3.63) is 18.0 Å². The summed E-state index contributed by atoms with van der Waals surface area (Å²) in [5.74, 6) is 0.798. The first-order chi connectivity index (χ1) is 7.04. The Morgan fingerprint density at radius 1 is 1.40 bits per heavy atom. The van der Waals surface area contributed by atoms with Crippen molar-refractivity contribution >= 4 is 11.9 Å². The van der Waals surface area contributed by atoms with E-state index >= 15 is 0 Å². The van der Waals surface area contributed by atoms with Crippen LogP contribution in [-0.4, -0.2) is 14.9 Å². The lowest BCUT2D eigenvalue weighted by molar-refractivity contribution is -0.141. The van der Waals surface area contributed by atoms with Gasteiger partial charge < -0.3 is 0 Å². The van der Waals surface area contributed by atoms with Crippen LogP contribution in [0.2, 0.25) is 0 Å². The molecule has 1 aromatic heterocycles. The van der Waals surface area contributed by atoms with Crippen molar-refractivity contribution in [2.24, 2.45) is 0 Å². The van der Waals surface area contributed by atoms with E-state index in [4.69, 9.17) is 0 Å². The smallest absolute Gasteiger partial charge is 0.214 e. The van der Waals surface area contributed by atoms with E-state index in [0.717, 1.165) is 31.1 Å². The minimum atomic E-state index is -4.34. The van der Waals surface area contributed by atoms with E-state index in [1.54, 1.807) is 0 Å². The molecule has 2 nitrogen and oxygen atoms in total. The predicted molar refractivity (Wildman–Crippen MR) is 54.6 cm³/mol. The molecule has 0 aliphatic heterocycles. The van der Waals surface area contributed by atoms with Crippen LogP contribution >= 0.6 is 11.9 Å². The highest BCUT2D eigenvalue weighted by atomic mass is 32.2. The van der Waals surface area contributed by atoms with Crippen LogP contribution in [0, 0.1) is 0 Å². The molecule has 1 heterocycles. The van der Waals surface area contributed by atoms with E-state index in [0.29, 0.717) is 0 Å². The van der Waals surface area contributed by atoms with Crippen molar-refractivity contribution in [3.63, 3.8) is 0 Å². The topological polar surface area (TPSA) is 17.8 Å². The molecular formula is C9H13F3N2S. The molecule has 0 bridgehead atoms. The normalized spacial score (nSPS) is 12.0. The standard InChI is InChI=1S/C9H13F3N2S/c1-2-3-4-7-15-14-6-5-8(13-14)9(10,11)12/h5-6H,2-4,7H2,1H3. The number of aromatic nitrogens is 2. The van der Waals surface area contributed by atoms with E-state index in [-0.39, 0.29) is 0 Å². The largest absolute Gasteiger partial charge is 0.435 e. The van der Waals surface area contributed by atoms with Gasteiger partial charge in [0.05, 0.1) is 0 Å². The van der Waals surface area contributed by atoms with Crippen LogP contribution in [0.5, 0.6) is 0 Å². The zero-order valence-electron chi connectivity index (χ0n) is 8.42. The number of hydrogen-bond acceptors (Lipinski definition) is 2. The van der Waals surface area contributed by atoms with Gasteiger partial charge in [-0.2, -0.15) is 18.3 Å². The first-order valence-electron chi connectivity index (χ1n) is 4.80. The zero-order valence-corrected chi connectivity index (χ0v) is 9.24. The fourth-order valence-electron chi connectivity index (χ4n) is 1.04. The molecule has 0 aliphatic rings. The molecule has 1 aromatic rings. The zero-order chi connectivity index (χ0) is 11.3. The van der Waals surface area contributed by atoms with E-state index < -0.39 is 11.9 Å². The van der Waals surface area contributed by atoms with Crippen molar-refractivity contribution in [2.75, 3.05) is 5.75 Å². The Hall–Kier alpha value is -0.650. The molecule has 1 rings (SSSR count). The Balaban J connectivity index is 2.40. The third-order valence-electron chi connectivity index (χ3n) is 1.83. The maximum atomic E-state index is 12.2. The van der Waals surface area contributed by atoms with Crippen molar-refractivity contribution < 1.29 is 13.2 Å². The molecule has 0 radical (unpaired) electrons. The van der Waals surface area contributed by atoms with Crippen molar-refractivity contribution in [1.82, 2.24) is 9.19 Å². The molecule has 0 saturated heterocycles. The molecule has 0 aromatic carbocycles. The molecule has 0 amide bonds. The highest BCUT2D eigenvalue weighted by molar-refractivity contribution is 7.97. The Kier molecular flexibility index (Phi) is 4.50. The van der Waals surface area contributed by atoms with Gasteiger partial charge in [0.25, 0.3) is 0 Å². The summed E-state index contributed by atoms with van der Waals surface area (Å²) in [5.41, 5.74) is -0.828. The lowest BCUT2D eigenvalue weighted by atomic mass is 10.3. The number of hydrogen-bond donors (Lipinski definition) is 0. The number of nitrogens with zero attached hydrogens (tertiary/aromatic N) is 2. The Bertz CT molecular complexity index is 296. The summed E-state index contributed by atoms with van der Waals surface area (Å²) in [6.07, 6.45) is 0.213. The Labute approximate surface area is 91.0 Å². The summed E-state index contributed by atoms with van der Waals surface area (Å²) in [5, 5.41) is 3.43. The van der Waals surface area contributed by atoms with Crippen LogP contribution in [-0.2, 0) is 6.18 Å². The van der Waals surface area contributed by atoms with Gasteiger partial charge in [-0.25, -0.2) is 4.09 Å². The third-order valence-corrected chi connectivity index (χ3v) is 2.77. The van der Waals surface area contributed by atoms with Crippen molar-refractivity contribution in [1.29, 1.82) is 0 Å². The fourth-order valence-corrected chi connectivity index (χ4v) is 1.85. The van der Waals surface area contributed by atoms with Gasteiger partial charge in [-0.15, -0.1) is 0 Å². The molecule has 0 unspecified atom stereocenters. The molecule has 6 heteroatoms. The summed E-state index contributed by atoms with van der Waals surface area (Å²) in [4.78, 5) is 0.